The predicted molar refractivity (Wildman–Crippen MR) is 66.4 cm³/mol. The van der Waals surface area contributed by atoms with Crippen LogP contribution in [0.15, 0.2) is 12.2 Å². The van der Waals surface area contributed by atoms with Gasteiger partial charge in [0.1, 0.15) is 5.60 Å². The topological polar surface area (TPSA) is 26.3 Å². The molecule has 0 heterocycles. The summed E-state index contributed by atoms with van der Waals surface area (Å²) < 4.78 is 5.78. The number of fused-ring (bicyclic) bond motifs is 1. The molecule has 4 aliphatic rings. The molecule has 5 unspecified atom stereocenters. The number of hydrogen-bond acceptors (Lipinski definition) is 2. The van der Waals surface area contributed by atoms with E-state index in [-0.39, 0.29) is 11.6 Å². The van der Waals surface area contributed by atoms with Crippen molar-refractivity contribution in [3.63, 3.8) is 0 Å². The van der Waals surface area contributed by atoms with E-state index < -0.39 is 0 Å². The van der Waals surface area contributed by atoms with E-state index in [0.717, 1.165) is 18.3 Å². The van der Waals surface area contributed by atoms with Crippen molar-refractivity contribution in [2.45, 2.75) is 51.6 Å². The van der Waals surface area contributed by atoms with Gasteiger partial charge < -0.3 is 4.74 Å². The first kappa shape index (κ1) is 11.3. The van der Waals surface area contributed by atoms with Gasteiger partial charge in [-0.1, -0.05) is 25.8 Å². The first-order chi connectivity index (χ1) is 8.12. The van der Waals surface area contributed by atoms with Gasteiger partial charge in [0.25, 0.3) is 0 Å². The second-order valence-corrected chi connectivity index (χ2v) is 6.21. The van der Waals surface area contributed by atoms with Gasteiger partial charge in [0.2, 0.25) is 0 Å². The van der Waals surface area contributed by atoms with Crippen molar-refractivity contribution in [2.75, 3.05) is 0 Å². The molecule has 17 heavy (non-hydrogen) atoms. The minimum Gasteiger partial charge on any atom is -0.455 e. The Morgan fingerprint density at radius 3 is 2.82 bits per heavy atom. The predicted octanol–water partition coefficient (Wildman–Crippen LogP) is 3.32. The third-order valence-electron chi connectivity index (χ3n) is 5.21. The standard InChI is InChI=1S/C15H22O2/c1-10-4-3-5-13-12-6-8-15(9-7-12,14(10)13)17-11(2)16/h6,8,10,12-14H,3-5,7,9H2,1-2H3. The van der Waals surface area contributed by atoms with Crippen LogP contribution in [0.4, 0.5) is 0 Å². The van der Waals surface area contributed by atoms with E-state index in [0.29, 0.717) is 11.8 Å². The van der Waals surface area contributed by atoms with Gasteiger partial charge in [0.15, 0.2) is 0 Å². The lowest BCUT2D eigenvalue weighted by Gasteiger charge is -2.56. The molecule has 0 spiro atoms. The molecule has 4 rings (SSSR count). The molecule has 94 valence electrons. The molecular weight excluding hydrogens is 212 g/mol. The average molecular weight is 234 g/mol. The maximum atomic E-state index is 11.4. The fraction of sp³-hybridized carbons (Fsp3) is 0.800. The summed E-state index contributed by atoms with van der Waals surface area (Å²) >= 11 is 0. The van der Waals surface area contributed by atoms with Gasteiger partial charge in [0, 0.05) is 12.8 Å². The highest BCUT2D eigenvalue weighted by molar-refractivity contribution is 5.67. The number of rotatable bonds is 1. The lowest BCUT2D eigenvalue weighted by Crippen LogP contribution is -2.56. The van der Waals surface area contributed by atoms with Gasteiger partial charge in [-0.25, -0.2) is 0 Å². The Balaban J connectivity index is 1.97. The highest BCUT2D eigenvalue weighted by atomic mass is 16.6. The summed E-state index contributed by atoms with van der Waals surface area (Å²) in [6.07, 6.45) is 10.8. The van der Waals surface area contributed by atoms with Crippen molar-refractivity contribution in [3.05, 3.63) is 12.2 Å². The highest BCUT2D eigenvalue weighted by Gasteiger charge is 2.55. The van der Waals surface area contributed by atoms with Crippen LogP contribution in [0.3, 0.4) is 0 Å². The highest BCUT2D eigenvalue weighted by Crippen LogP contribution is 2.56. The molecule has 2 bridgehead atoms. The van der Waals surface area contributed by atoms with Crippen molar-refractivity contribution in [1.29, 1.82) is 0 Å². The van der Waals surface area contributed by atoms with Crippen LogP contribution in [0.5, 0.6) is 0 Å². The normalized spacial score (nSPS) is 47.6. The fourth-order valence-corrected chi connectivity index (χ4v) is 4.69. The van der Waals surface area contributed by atoms with Crippen LogP contribution < -0.4 is 0 Å². The summed E-state index contributed by atoms with van der Waals surface area (Å²) in [6.45, 7) is 3.89. The second-order valence-electron chi connectivity index (χ2n) is 6.21. The average Bonchev–Trinajstić information content (AvgIpc) is 2.29. The van der Waals surface area contributed by atoms with Gasteiger partial charge >= 0.3 is 5.97 Å². The van der Waals surface area contributed by atoms with E-state index >= 15 is 0 Å². The third-order valence-corrected chi connectivity index (χ3v) is 5.21. The lowest BCUT2D eigenvalue weighted by atomic mass is 9.52. The SMILES string of the molecule is CC(=O)OC12C=CC(CC1)C1CCCC(C)C12. The summed E-state index contributed by atoms with van der Waals surface area (Å²) in [7, 11) is 0. The molecule has 0 N–H and O–H groups in total. The lowest BCUT2D eigenvalue weighted by molar-refractivity contribution is -0.175. The third kappa shape index (κ3) is 1.64. The molecular formula is C15H22O2. The minimum atomic E-state index is -0.259. The van der Waals surface area contributed by atoms with Gasteiger partial charge in [-0.15, -0.1) is 0 Å². The quantitative estimate of drug-likeness (QED) is 0.514. The maximum Gasteiger partial charge on any atom is 0.303 e. The van der Waals surface area contributed by atoms with E-state index in [1.165, 1.54) is 25.7 Å². The Hall–Kier alpha value is -0.790. The van der Waals surface area contributed by atoms with Crippen molar-refractivity contribution in [2.24, 2.45) is 23.7 Å². The van der Waals surface area contributed by atoms with E-state index in [1.807, 2.05) is 0 Å². The van der Waals surface area contributed by atoms with Crippen molar-refractivity contribution >= 4 is 5.97 Å². The number of carbonyl (C=O) groups excluding carboxylic acids is 1. The number of esters is 1. The van der Waals surface area contributed by atoms with Crippen molar-refractivity contribution < 1.29 is 9.53 Å². The zero-order valence-electron chi connectivity index (χ0n) is 10.8. The van der Waals surface area contributed by atoms with Crippen LogP contribution in [0.2, 0.25) is 0 Å². The minimum absolute atomic E-state index is 0.119. The molecule has 2 fully saturated rings. The van der Waals surface area contributed by atoms with Crippen LogP contribution in [-0.2, 0) is 9.53 Å². The van der Waals surface area contributed by atoms with Crippen LogP contribution in [0.25, 0.3) is 0 Å². The monoisotopic (exact) mass is 234 g/mol. The van der Waals surface area contributed by atoms with Gasteiger partial charge in [-0.2, -0.15) is 0 Å². The first-order valence-electron chi connectivity index (χ1n) is 7.01. The largest absolute Gasteiger partial charge is 0.455 e. The number of ether oxygens (including phenoxy) is 1. The van der Waals surface area contributed by atoms with E-state index in [4.69, 9.17) is 4.74 Å². The van der Waals surface area contributed by atoms with Crippen molar-refractivity contribution in [1.82, 2.24) is 0 Å². The van der Waals surface area contributed by atoms with Crippen LogP contribution >= 0.6 is 0 Å². The molecule has 0 saturated heterocycles. The van der Waals surface area contributed by atoms with E-state index in [9.17, 15) is 4.79 Å². The van der Waals surface area contributed by atoms with Crippen LogP contribution in [-0.4, -0.2) is 11.6 Å². The van der Waals surface area contributed by atoms with Crippen LogP contribution in [0, 0.1) is 23.7 Å². The molecule has 0 amide bonds. The molecule has 2 nitrogen and oxygen atoms in total. The molecule has 0 aliphatic heterocycles. The fourth-order valence-electron chi connectivity index (χ4n) is 4.69. The molecule has 4 aliphatic carbocycles. The Morgan fingerprint density at radius 2 is 2.18 bits per heavy atom. The molecule has 2 saturated carbocycles. The zero-order valence-corrected chi connectivity index (χ0v) is 10.8. The molecule has 0 aromatic heterocycles. The Kier molecular flexibility index (Phi) is 2.57. The molecule has 5 atom stereocenters. The summed E-state index contributed by atoms with van der Waals surface area (Å²) in [5, 5.41) is 0. The molecule has 0 radical (unpaired) electrons. The van der Waals surface area contributed by atoms with Crippen molar-refractivity contribution in [3.8, 4) is 0 Å². The summed E-state index contributed by atoms with van der Waals surface area (Å²) in [6, 6.07) is 0. The van der Waals surface area contributed by atoms with E-state index in [2.05, 4.69) is 19.1 Å². The van der Waals surface area contributed by atoms with Gasteiger partial charge in [-0.05, 0) is 43.1 Å². The second kappa shape index (κ2) is 3.86. The molecule has 2 heteroatoms. The summed E-state index contributed by atoms with van der Waals surface area (Å²) in [5.74, 6) is 2.66. The Morgan fingerprint density at radius 1 is 1.35 bits per heavy atom. The molecule has 0 aromatic carbocycles. The summed E-state index contributed by atoms with van der Waals surface area (Å²) in [5.41, 5.74) is -0.259. The number of allylic oxidation sites excluding steroid dienone is 1. The van der Waals surface area contributed by atoms with Crippen LogP contribution in [0.1, 0.15) is 46.0 Å². The molecule has 0 aromatic rings. The van der Waals surface area contributed by atoms with Gasteiger partial charge in [0.05, 0.1) is 0 Å². The van der Waals surface area contributed by atoms with E-state index in [1.54, 1.807) is 6.92 Å². The smallest absolute Gasteiger partial charge is 0.303 e. The van der Waals surface area contributed by atoms with Gasteiger partial charge in [-0.3, -0.25) is 4.79 Å². The first-order valence-corrected chi connectivity index (χ1v) is 7.01. The Labute approximate surface area is 103 Å². The zero-order chi connectivity index (χ0) is 12.0. The number of hydrogen-bond donors (Lipinski definition) is 0. The summed E-state index contributed by atoms with van der Waals surface area (Å²) in [4.78, 5) is 11.4. The number of carbonyl (C=O) groups is 1. The maximum absolute atomic E-state index is 11.4. The Bertz CT molecular complexity index is 360.